The first-order chi connectivity index (χ1) is 9.62. The van der Waals surface area contributed by atoms with Gasteiger partial charge in [0.25, 0.3) is 0 Å². The maximum absolute atomic E-state index is 13.4. The topological polar surface area (TPSA) is 49.0 Å². The van der Waals surface area contributed by atoms with Crippen molar-refractivity contribution in [2.45, 2.75) is 32.4 Å². The maximum Gasteiger partial charge on any atom is 0.124 e. The Morgan fingerprint density at radius 2 is 2.20 bits per heavy atom. The first-order valence-corrected chi connectivity index (χ1v) is 6.65. The molecular weight excluding hydrogens is 255 g/mol. The molecule has 20 heavy (non-hydrogen) atoms. The van der Waals surface area contributed by atoms with E-state index in [4.69, 9.17) is 5.26 Å². The van der Waals surface area contributed by atoms with Gasteiger partial charge in [0.05, 0.1) is 17.7 Å². The lowest BCUT2D eigenvalue weighted by Gasteiger charge is -2.07. The van der Waals surface area contributed by atoms with E-state index in [0.717, 1.165) is 24.0 Å². The minimum atomic E-state index is -0.455. The van der Waals surface area contributed by atoms with Gasteiger partial charge in [0.1, 0.15) is 5.82 Å². The van der Waals surface area contributed by atoms with E-state index in [9.17, 15) is 9.50 Å². The summed E-state index contributed by atoms with van der Waals surface area (Å²) in [6.07, 6.45) is 4.90. The van der Waals surface area contributed by atoms with Crippen molar-refractivity contribution in [3.8, 4) is 6.07 Å². The van der Waals surface area contributed by atoms with Crippen LogP contribution in [0.2, 0.25) is 0 Å². The molecule has 0 aliphatic heterocycles. The highest BCUT2D eigenvalue weighted by Crippen LogP contribution is 2.19. The average molecular weight is 272 g/mol. The van der Waals surface area contributed by atoms with Crippen molar-refractivity contribution < 1.29 is 9.50 Å². The molecule has 2 rings (SSSR count). The number of rotatable bonds is 5. The molecule has 4 heteroatoms. The SMILES string of the molecule is CCCC(O)c1ccn(Cc2cc(F)cc(C#N)c2)c1. The van der Waals surface area contributed by atoms with Gasteiger partial charge in [-0.3, -0.25) is 0 Å². The van der Waals surface area contributed by atoms with E-state index in [2.05, 4.69) is 0 Å². The van der Waals surface area contributed by atoms with E-state index in [0.29, 0.717) is 12.1 Å². The van der Waals surface area contributed by atoms with Crippen molar-refractivity contribution in [3.05, 3.63) is 59.2 Å². The van der Waals surface area contributed by atoms with Crippen molar-refractivity contribution in [1.29, 1.82) is 5.26 Å². The molecule has 3 nitrogen and oxygen atoms in total. The van der Waals surface area contributed by atoms with Crippen molar-refractivity contribution in [3.63, 3.8) is 0 Å². The number of aliphatic hydroxyl groups is 1. The lowest BCUT2D eigenvalue weighted by molar-refractivity contribution is 0.166. The van der Waals surface area contributed by atoms with Gasteiger partial charge >= 0.3 is 0 Å². The Balaban J connectivity index is 2.15. The molecular formula is C16H17FN2O. The van der Waals surface area contributed by atoms with Crippen molar-refractivity contribution >= 4 is 0 Å². The van der Waals surface area contributed by atoms with Gasteiger partial charge in [0.15, 0.2) is 0 Å². The maximum atomic E-state index is 13.4. The highest BCUT2D eigenvalue weighted by atomic mass is 19.1. The summed E-state index contributed by atoms with van der Waals surface area (Å²) in [5, 5.41) is 18.7. The molecule has 0 aliphatic carbocycles. The van der Waals surface area contributed by atoms with Crippen LogP contribution in [-0.2, 0) is 6.54 Å². The van der Waals surface area contributed by atoms with Gasteiger partial charge in [0, 0.05) is 18.9 Å². The number of benzene rings is 1. The fraction of sp³-hybridized carbons (Fsp3) is 0.312. The molecule has 0 saturated carbocycles. The van der Waals surface area contributed by atoms with Gasteiger partial charge in [-0.25, -0.2) is 4.39 Å². The number of nitriles is 1. The predicted molar refractivity (Wildman–Crippen MR) is 74.5 cm³/mol. The van der Waals surface area contributed by atoms with Crippen LogP contribution < -0.4 is 0 Å². The Labute approximate surface area is 117 Å². The Morgan fingerprint density at radius 3 is 2.90 bits per heavy atom. The summed E-state index contributed by atoms with van der Waals surface area (Å²) in [4.78, 5) is 0. The lowest BCUT2D eigenvalue weighted by atomic mass is 10.1. The van der Waals surface area contributed by atoms with E-state index in [1.165, 1.54) is 12.1 Å². The van der Waals surface area contributed by atoms with Gasteiger partial charge in [-0.2, -0.15) is 5.26 Å². The second-order valence-corrected chi connectivity index (χ2v) is 4.88. The molecule has 104 valence electrons. The zero-order chi connectivity index (χ0) is 14.5. The summed E-state index contributed by atoms with van der Waals surface area (Å²) < 4.78 is 15.2. The number of nitrogens with zero attached hydrogens (tertiary/aromatic N) is 2. The molecule has 0 radical (unpaired) electrons. The quantitative estimate of drug-likeness (QED) is 0.907. The van der Waals surface area contributed by atoms with E-state index in [1.54, 1.807) is 6.07 Å². The minimum Gasteiger partial charge on any atom is -0.388 e. The van der Waals surface area contributed by atoms with E-state index in [1.807, 2.05) is 36.0 Å². The Hall–Kier alpha value is -2.12. The van der Waals surface area contributed by atoms with Crippen LogP contribution in [0.1, 0.15) is 42.6 Å². The molecule has 1 aromatic carbocycles. The predicted octanol–water partition coefficient (Wildman–Crippen LogP) is 3.38. The number of halogens is 1. The summed E-state index contributed by atoms with van der Waals surface area (Å²) in [7, 11) is 0. The first kappa shape index (κ1) is 14.3. The molecule has 0 spiro atoms. The highest BCUT2D eigenvalue weighted by molar-refractivity contribution is 5.34. The number of aromatic nitrogens is 1. The van der Waals surface area contributed by atoms with Crippen LogP contribution in [0.25, 0.3) is 0 Å². The summed E-state index contributed by atoms with van der Waals surface area (Å²) in [5.74, 6) is -0.405. The lowest BCUT2D eigenvalue weighted by Crippen LogP contribution is -1.99. The standard InChI is InChI=1S/C16H17FN2O/c1-2-3-16(20)14-4-5-19(11-14)10-13-6-12(9-18)7-15(17)8-13/h4-8,11,16,20H,2-3,10H2,1H3. The number of aliphatic hydroxyl groups excluding tert-OH is 1. The molecule has 1 aromatic heterocycles. The first-order valence-electron chi connectivity index (χ1n) is 6.65. The number of hydrogen-bond donors (Lipinski definition) is 1. The van der Waals surface area contributed by atoms with Crippen molar-refractivity contribution in [2.75, 3.05) is 0 Å². The Bertz CT molecular complexity index is 628. The average Bonchev–Trinajstić information content (AvgIpc) is 2.87. The Morgan fingerprint density at radius 1 is 1.40 bits per heavy atom. The molecule has 1 atom stereocenters. The summed E-state index contributed by atoms with van der Waals surface area (Å²) in [6.45, 7) is 2.50. The zero-order valence-electron chi connectivity index (χ0n) is 11.4. The summed E-state index contributed by atoms with van der Waals surface area (Å²) >= 11 is 0. The molecule has 2 aromatic rings. The second-order valence-electron chi connectivity index (χ2n) is 4.88. The third-order valence-electron chi connectivity index (χ3n) is 3.17. The normalized spacial score (nSPS) is 12.1. The van der Waals surface area contributed by atoms with Gasteiger partial charge in [-0.05, 0) is 41.8 Å². The van der Waals surface area contributed by atoms with Crippen LogP contribution in [0, 0.1) is 17.1 Å². The van der Waals surface area contributed by atoms with Crippen LogP contribution >= 0.6 is 0 Å². The fourth-order valence-corrected chi connectivity index (χ4v) is 2.21. The molecule has 0 fully saturated rings. The summed E-state index contributed by atoms with van der Waals surface area (Å²) in [5.41, 5.74) is 1.91. The molecule has 1 unspecified atom stereocenters. The van der Waals surface area contributed by atoms with E-state index < -0.39 is 11.9 Å². The minimum absolute atomic E-state index is 0.318. The van der Waals surface area contributed by atoms with Crippen LogP contribution in [0.15, 0.2) is 36.7 Å². The van der Waals surface area contributed by atoms with Gasteiger partial charge in [0.2, 0.25) is 0 Å². The number of hydrogen-bond acceptors (Lipinski definition) is 2. The molecule has 0 bridgehead atoms. The fourth-order valence-electron chi connectivity index (χ4n) is 2.21. The third kappa shape index (κ3) is 3.46. The molecule has 1 heterocycles. The van der Waals surface area contributed by atoms with Crippen LogP contribution in [0.3, 0.4) is 0 Å². The largest absolute Gasteiger partial charge is 0.388 e. The Kier molecular flexibility index (Phi) is 4.54. The van der Waals surface area contributed by atoms with Crippen LogP contribution in [-0.4, -0.2) is 9.67 Å². The zero-order valence-corrected chi connectivity index (χ0v) is 11.4. The third-order valence-corrected chi connectivity index (χ3v) is 3.17. The molecule has 0 amide bonds. The van der Waals surface area contributed by atoms with Gasteiger partial charge in [-0.1, -0.05) is 13.3 Å². The molecule has 0 saturated heterocycles. The summed E-state index contributed by atoms with van der Waals surface area (Å²) in [6, 6.07) is 8.12. The molecule has 0 aliphatic rings. The monoisotopic (exact) mass is 272 g/mol. The van der Waals surface area contributed by atoms with Gasteiger partial charge in [-0.15, -0.1) is 0 Å². The molecule has 1 N–H and O–H groups in total. The van der Waals surface area contributed by atoms with Crippen molar-refractivity contribution in [1.82, 2.24) is 4.57 Å². The smallest absolute Gasteiger partial charge is 0.124 e. The highest BCUT2D eigenvalue weighted by Gasteiger charge is 2.08. The van der Waals surface area contributed by atoms with Crippen LogP contribution in [0.4, 0.5) is 4.39 Å². The van der Waals surface area contributed by atoms with Crippen molar-refractivity contribution in [2.24, 2.45) is 0 Å². The van der Waals surface area contributed by atoms with E-state index >= 15 is 0 Å². The van der Waals surface area contributed by atoms with Gasteiger partial charge < -0.3 is 9.67 Å². The van der Waals surface area contributed by atoms with Crippen LogP contribution in [0.5, 0.6) is 0 Å². The second kappa shape index (κ2) is 6.36. The van der Waals surface area contributed by atoms with E-state index in [-0.39, 0.29) is 0 Å².